The van der Waals surface area contributed by atoms with Crippen LogP contribution < -0.4 is 14.4 Å². The first kappa shape index (κ1) is 16.6. The second kappa shape index (κ2) is 7.53. The van der Waals surface area contributed by atoms with E-state index in [1.54, 1.807) is 14.2 Å². The molecule has 0 radical (unpaired) electrons. The Hall–Kier alpha value is -2.27. The first-order valence-corrected chi connectivity index (χ1v) is 8.30. The Kier molecular flexibility index (Phi) is 5.20. The second-order valence-corrected chi connectivity index (χ2v) is 6.14. The molecule has 24 heavy (non-hydrogen) atoms. The third kappa shape index (κ3) is 3.97. The van der Waals surface area contributed by atoms with Crippen molar-refractivity contribution in [2.45, 2.75) is 13.5 Å². The molecule has 1 saturated heterocycles. The number of pyridine rings is 1. The van der Waals surface area contributed by atoms with Crippen LogP contribution in [0.3, 0.4) is 0 Å². The summed E-state index contributed by atoms with van der Waals surface area (Å²) < 4.78 is 10.7. The maximum atomic E-state index is 5.36. The van der Waals surface area contributed by atoms with E-state index in [2.05, 4.69) is 39.0 Å². The predicted molar refractivity (Wildman–Crippen MR) is 96.0 cm³/mol. The van der Waals surface area contributed by atoms with Crippen molar-refractivity contribution in [1.82, 2.24) is 9.88 Å². The molecule has 2 heterocycles. The summed E-state index contributed by atoms with van der Waals surface area (Å²) in [7, 11) is 3.38. The molecule has 0 amide bonds. The minimum absolute atomic E-state index is 0.843. The molecule has 0 spiro atoms. The molecule has 3 rings (SSSR count). The quantitative estimate of drug-likeness (QED) is 0.844. The number of nitrogens with zero attached hydrogens (tertiary/aromatic N) is 3. The van der Waals surface area contributed by atoms with Gasteiger partial charge in [0.25, 0.3) is 0 Å². The molecule has 0 bridgehead atoms. The third-order valence-corrected chi connectivity index (χ3v) is 4.44. The molecule has 1 aliphatic heterocycles. The number of aromatic nitrogens is 1. The number of piperazine rings is 1. The van der Waals surface area contributed by atoms with Gasteiger partial charge >= 0.3 is 0 Å². The Morgan fingerprint density at radius 3 is 2.21 bits per heavy atom. The van der Waals surface area contributed by atoms with Gasteiger partial charge in [0.1, 0.15) is 11.5 Å². The maximum Gasteiger partial charge on any atom is 0.122 e. The third-order valence-electron chi connectivity index (χ3n) is 4.44. The average molecular weight is 327 g/mol. The van der Waals surface area contributed by atoms with Gasteiger partial charge < -0.3 is 14.4 Å². The van der Waals surface area contributed by atoms with E-state index in [9.17, 15) is 0 Å². The van der Waals surface area contributed by atoms with Gasteiger partial charge in [-0.15, -0.1) is 0 Å². The molecule has 1 aromatic carbocycles. The summed E-state index contributed by atoms with van der Waals surface area (Å²) >= 11 is 0. The van der Waals surface area contributed by atoms with Crippen LogP contribution in [0.1, 0.15) is 11.3 Å². The molecular weight excluding hydrogens is 302 g/mol. The summed E-state index contributed by atoms with van der Waals surface area (Å²) in [6, 6.07) is 10.3. The summed E-state index contributed by atoms with van der Waals surface area (Å²) in [5, 5.41) is 0. The summed E-state index contributed by atoms with van der Waals surface area (Å²) in [4.78, 5) is 9.18. The van der Waals surface area contributed by atoms with Gasteiger partial charge in [0.05, 0.1) is 14.2 Å². The minimum atomic E-state index is 0.843. The first-order valence-electron chi connectivity index (χ1n) is 8.30. The number of ether oxygens (including phenoxy) is 2. The number of hydrogen-bond donors (Lipinski definition) is 0. The van der Waals surface area contributed by atoms with Gasteiger partial charge in [-0.3, -0.25) is 9.88 Å². The summed E-state index contributed by atoms with van der Waals surface area (Å²) in [5.74, 6) is 1.69. The van der Waals surface area contributed by atoms with E-state index in [1.165, 1.54) is 11.3 Å². The first-order chi connectivity index (χ1) is 11.7. The van der Waals surface area contributed by atoms with Crippen LogP contribution in [0.2, 0.25) is 0 Å². The van der Waals surface area contributed by atoms with Gasteiger partial charge in [0, 0.05) is 56.4 Å². The molecule has 0 unspecified atom stereocenters. The van der Waals surface area contributed by atoms with Crippen molar-refractivity contribution in [3.63, 3.8) is 0 Å². The SMILES string of the molecule is COc1cc(CN2CCN(c3ccnc(C)c3)CC2)cc(OC)c1. The van der Waals surface area contributed by atoms with Gasteiger partial charge in [-0.25, -0.2) is 0 Å². The molecule has 2 aromatic rings. The molecule has 1 aliphatic rings. The normalized spacial score (nSPS) is 15.4. The number of rotatable bonds is 5. The van der Waals surface area contributed by atoms with E-state index < -0.39 is 0 Å². The van der Waals surface area contributed by atoms with Crippen LogP contribution in [-0.4, -0.2) is 50.3 Å². The topological polar surface area (TPSA) is 37.8 Å². The van der Waals surface area contributed by atoms with Gasteiger partial charge in [0.15, 0.2) is 0 Å². The second-order valence-electron chi connectivity index (χ2n) is 6.14. The number of benzene rings is 1. The van der Waals surface area contributed by atoms with Gasteiger partial charge in [-0.2, -0.15) is 0 Å². The van der Waals surface area contributed by atoms with Crippen LogP contribution in [0.4, 0.5) is 5.69 Å². The van der Waals surface area contributed by atoms with Crippen LogP contribution in [-0.2, 0) is 6.54 Å². The van der Waals surface area contributed by atoms with E-state index >= 15 is 0 Å². The zero-order valence-electron chi connectivity index (χ0n) is 14.7. The summed E-state index contributed by atoms with van der Waals surface area (Å²) in [5.41, 5.74) is 3.56. The Labute approximate surface area is 143 Å². The fourth-order valence-corrected chi connectivity index (χ4v) is 3.11. The molecule has 5 heteroatoms. The van der Waals surface area contributed by atoms with Crippen molar-refractivity contribution in [1.29, 1.82) is 0 Å². The Balaban J connectivity index is 1.61. The highest BCUT2D eigenvalue weighted by Gasteiger charge is 2.18. The van der Waals surface area contributed by atoms with Crippen molar-refractivity contribution in [2.24, 2.45) is 0 Å². The summed E-state index contributed by atoms with van der Waals surface area (Å²) in [6.45, 7) is 7.10. The minimum Gasteiger partial charge on any atom is -0.497 e. The van der Waals surface area contributed by atoms with Crippen molar-refractivity contribution in [2.75, 3.05) is 45.3 Å². The lowest BCUT2D eigenvalue weighted by Crippen LogP contribution is -2.46. The Morgan fingerprint density at radius 1 is 0.958 bits per heavy atom. The van der Waals surface area contributed by atoms with Crippen molar-refractivity contribution in [3.05, 3.63) is 47.8 Å². The fraction of sp³-hybridized carbons (Fsp3) is 0.421. The smallest absolute Gasteiger partial charge is 0.122 e. The van der Waals surface area contributed by atoms with E-state index in [0.717, 1.165) is 49.9 Å². The lowest BCUT2D eigenvalue weighted by molar-refractivity contribution is 0.249. The highest BCUT2D eigenvalue weighted by atomic mass is 16.5. The van der Waals surface area contributed by atoms with Crippen LogP contribution in [0.15, 0.2) is 36.5 Å². The molecule has 1 aromatic heterocycles. The van der Waals surface area contributed by atoms with Gasteiger partial charge in [0.2, 0.25) is 0 Å². The Morgan fingerprint density at radius 2 is 1.62 bits per heavy atom. The zero-order chi connectivity index (χ0) is 16.9. The monoisotopic (exact) mass is 327 g/mol. The highest BCUT2D eigenvalue weighted by molar-refractivity contribution is 5.47. The molecule has 5 nitrogen and oxygen atoms in total. The lowest BCUT2D eigenvalue weighted by Gasteiger charge is -2.36. The Bertz CT molecular complexity index is 660. The summed E-state index contributed by atoms with van der Waals surface area (Å²) in [6.07, 6.45) is 1.89. The molecule has 0 N–H and O–H groups in total. The van der Waals surface area contributed by atoms with E-state index in [0.29, 0.717) is 0 Å². The molecule has 128 valence electrons. The number of aryl methyl sites for hydroxylation is 1. The standard InChI is InChI=1S/C19H25N3O2/c1-15-10-17(4-5-20-15)22-8-6-21(7-9-22)14-16-11-18(23-2)13-19(12-16)24-3/h4-5,10-13H,6-9,14H2,1-3H3. The predicted octanol–water partition coefficient (Wildman–Crippen LogP) is 2.73. The maximum absolute atomic E-state index is 5.36. The van der Waals surface area contributed by atoms with E-state index in [4.69, 9.17) is 9.47 Å². The lowest BCUT2D eigenvalue weighted by atomic mass is 10.1. The van der Waals surface area contributed by atoms with Crippen LogP contribution in [0.5, 0.6) is 11.5 Å². The van der Waals surface area contributed by atoms with Gasteiger partial charge in [-0.1, -0.05) is 0 Å². The fourth-order valence-electron chi connectivity index (χ4n) is 3.11. The van der Waals surface area contributed by atoms with E-state index in [1.807, 2.05) is 19.2 Å². The van der Waals surface area contributed by atoms with E-state index in [-0.39, 0.29) is 0 Å². The number of methoxy groups -OCH3 is 2. The van der Waals surface area contributed by atoms with Gasteiger partial charge in [-0.05, 0) is 36.8 Å². The highest BCUT2D eigenvalue weighted by Crippen LogP contribution is 2.24. The molecule has 0 atom stereocenters. The number of anilines is 1. The average Bonchev–Trinajstić information content (AvgIpc) is 2.62. The zero-order valence-corrected chi connectivity index (χ0v) is 14.7. The van der Waals surface area contributed by atoms with Crippen LogP contribution in [0.25, 0.3) is 0 Å². The largest absolute Gasteiger partial charge is 0.497 e. The molecule has 0 saturated carbocycles. The van der Waals surface area contributed by atoms with Crippen molar-refractivity contribution < 1.29 is 9.47 Å². The molecular formula is C19H25N3O2. The van der Waals surface area contributed by atoms with Crippen LogP contribution >= 0.6 is 0 Å². The molecule has 1 fully saturated rings. The van der Waals surface area contributed by atoms with Crippen molar-refractivity contribution >= 4 is 5.69 Å². The number of hydrogen-bond acceptors (Lipinski definition) is 5. The van der Waals surface area contributed by atoms with Crippen molar-refractivity contribution in [3.8, 4) is 11.5 Å². The van der Waals surface area contributed by atoms with Crippen LogP contribution in [0, 0.1) is 6.92 Å². The molecule has 0 aliphatic carbocycles.